The van der Waals surface area contributed by atoms with Crippen molar-refractivity contribution in [1.82, 2.24) is 14.8 Å². The average molecular weight is 279 g/mol. The molecule has 0 aliphatic carbocycles. The summed E-state index contributed by atoms with van der Waals surface area (Å²) in [5.74, 6) is -2.67. The molecule has 2 aromatic rings. The number of carbonyl (C=O) groups is 1. The van der Waals surface area contributed by atoms with E-state index in [0.29, 0.717) is 18.7 Å². The number of nitrogens with zero attached hydrogens (tertiary/aromatic N) is 3. The van der Waals surface area contributed by atoms with Crippen molar-refractivity contribution in [2.24, 2.45) is 5.92 Å². The van der Waals surface area contributed by atoms with Crippen LogP contribution in [0.2, 0.25) is 0 Å². The van der Waals surface area contributed by atoms with Gasteiger partial charge in [-0.25, -0.2) is 8.78 Å². The van der Waals surface area contributed by atoms with Crippen LogP contribution in [0.4, 0.5) is 8.78 Å². The molecule has 0 amide bonds. The normalized spacial score (nSPS) is 17.8. The predicted molar refractivity (Wildman–Crippen MR) is 64.8 cm³/mol. The molecular formula is C13H11F2N3O2. The third-order valence-electron chi connectivity index (χ3n) is 3.49. The Labute approximate surface area is 112 Å². The Morgan fingerprint density at radius 1 is 1.35 bits per heavy atom. The van der Waals surface area contributed by atoms with Gasteiger partial charge in [0.15, 0.2) is 17.5 Å². The lowest BCUT2D eigenvalue weighted by Gasteiger charge is -2.21. The minimum atomic E-state index is -1.000. The summed E-state index contributed by atoms with van der Waals surface area (Å²) < 4.78 is 28.7. The Hall–Kier alpha value is -2.31. The van der Waals surface area contributed by atoms with Crippen LogP contribution in [0, 0.1) is 17.6 Å². The van der Waals surface area contributed by atoms with Crippen molar-refractivity contribution < 1.29 is 18.7 Å². The maximum absolute atomic E-state index is 13.8. The van der Waals surface area contributed by atoms with Gasteiger partial charge in [0.25, 0.3) is 0 Å². The molecule has 1 N–H and O–H groups in total. The Bertz CT molecular complexity index is 684. The van der Waals surface area contributed by atoms with Crippen LogP contribution in [0.5, 0.6) is 0 Å². The van der Waals surface area contributed by atoms with E-state index in [0.717, 1.165) is 6.07 Å². The van der Waals surface area contributed by atoms with E-state index in [-0.39, 0.29) is 17.9 Å². The molecule has 3 rings (SSSR count). The standard InChI is InChI=1S/C13H11F2N3O2/c14-9-3-1-2-8(11(9)15)12-17-16-10-5-4-7(13(19)20)6-18(10)12/h1-3,7H,4-6H2,(H,19,20). The highest BCUT2D eigenvalue weighted by molar-refractivity contribution is 5.70. The number of halogens is 2. The number of hydrogen-bond acceptors (Lipinski definition) is 3. The highest BCUT2D eigenvalue weighted by Gasteiger charge is 2.28. The second-order valence-electron chi connectivity index (χ2n) is 4.73. The highest BCUT2D eigenvalue weighted by Crippen LogP contribution is 2.28. The lowest BCUT2D eigenvalue weighted by molar-refractivity contribution is -0.142. The number of carboxylic acid groups (broad SMARTS) is 1. The first-order chi connectivity index (χ1) is 9.58. The van der Waals surface area contributed by atoms with E-state index < -0.39 is 23.5 Å². The zero-order valence-electron chi connectivity index (χ0n) is 10.4. The fraction of sp³-hybridized carbons (Fsp3) is 0.308. The summed E-state index contributed by atoms with van der Waals surface area (Å²) in [5, 5.41) is 16.9. The first-order valence-corrected chi connectivity index (χ1v) is 6.17. The van der Waals surface area contributed by atoms with Crippen LogP contribution < -0.4 is 0 Å². The molecule has 1 aromatic heterocycles. The number of aryl methyl sites for hydroxylation is 1. The number of aliphatic carboxylic acids is 1. The van der Waals surface area contributed by atoms with E-state index in [4.69, 9.17) is 5.11 Å². The number of aromatic nitrogens is 3. The van der Waals surface area contributed by atoms with Gasteiger partial charge < -0.3 is 9.67 Å². The summed E-state index contributed by atoms with van der Waals surface area (Å²) in [5.41, 5.74) is -0.00483. The molecule has 0 bridgehead atoms. The summed E-state index contributed by atoms with van der Waals surface area (Å²) in [7, 11) is 0. The third-order valence-corrected chi connectivity index (χ3v) is 3.49. The predicted octanol–water partition coefficient (Wildman–Crippen LogP) is 1.87. The fourth-order valence-electron chi connectivity index (χ4n) is 2.40. The van der Waals surface area contributed by atoms with Crippen molar-refractivity contribution in [2.45, 2.75) is 19.4 Å². The largest absolute Gasteiger partial charge is 0.481 e. The van der Waals surface area contributed by atoms with E-state index in [1.807, 2.05) is 0 Å². The number of fused-ring (bicyclic) bond motifs is 1. The van der Waals surface area contributed by atoms with Gasteiger partial charge in [-0.15, -0.1) is 10.2 Å². The summed E-state index contributed by atoms with van der Waals surface area (Å²) in [4.78, 5) is 11.1. The monoisotopic (exact) mass is 279 g/mol. The SMILES string of the molecule is O=C(O)C1CCc2nnc(-c3cccc(F)c3F)n2C1. The second kappa shape index (κ2) is 4.66. The van der Waals surface area contributed by atoms with Crippen LogP contribution in [0.15, 0.2) is 18.2 Å². The topological polar surface area (TPSA) is 68.0 Å². The molecule has 1 aliphatic heterocycles. The Morgan fingerprint density at radius 2 is 2.15 bits per heavy atom. The summed E-state index contributed by atoms with van der Waals surface area (Å²) in [6, 6.07) is 3.80. The van der Waals surface area contributed by atoms with E-state index in [1.54, 1.807) is 4.57 Å². The van der Waals surface area contributed by atoms with Gasteiger partial charge in [-0.1, -0.05) is 6.07 Å². The van der Waals surface area contributed by atoms with Crippen molar-refractivity contribution in [3.05, 3.63) is 35.7 Å². The summed E-state index contributed by atoms with van der Waals surface area (Å²) in [6.45, 7) is 0.170. The molecular weight excluding hydrogens is 268 g/mol. The molecule has 0 spiro atoms. The Morgan fingerprint density at radius 3 is 2.90 bits per heavy atom. The van der Waals surface area contributed by atoms with Gasteiger partial charge in [-0.2, -0.15) is 0 Å². The van der Waals surface area contributed by atoms with Crippen LogP contribution in [-0.4, -0.2) is 25.8 Å². The molecule has 1 aliphatic rings. The van der Waals surface area contributed by atoms with Gasteiger partial charge in [0.05, 0.1) is 11.5 Å². The molecule has 5 nitrogen and oxygen atoms in total. The Kier molecular flexibility index (Phi) is 2.96. The molecule has 1 atom stereocenters. The highest BCUT2D eigenvalue weighted by atomic mass is 19.2. The second-order valence-corrected chi connectivity index (χ2v) is 4.73. The lowest BCUT2D eigenvalue weighted by atomic mass is 9.99. The van der Waals surface area contributed by atoms with Crippen molar-refractivity contribution >= 4 is 5.97 Å². The van der Waals surface area contributed by atoms with Gasteiger partial charge in [0, 0.05) is 13.0 Å². The molecule has 0 radical (unpaired) electrons. The van der Waals surface area contributed by atoms with Gasteiger partial charge >= 0.3 is 5.97 Å². The van der Waals surface area contributed by atoms with E-state index in [9.17, 15) is 13.6 Å². The maximum atomic E-state index is 13.8. The van der Waals surface area contributed by atoms with Crippen LogP contribution in [0.1, 0.15) is 12.2 Å². The minimum Gasteiger partial charge on any atom is -0.481 e. The molecule has 1 unspecified atom stereocenters. The van der Waals surface area contributed by atoms with Crippen LogP contribution >= 0.6 is 0 Å². The molecule has 1 aromatic carbocycles. The smallest absolute Gasteiger partial charge is 0.308 e. The number of benzene rings is 1. The number of rotatable bonds is 2. The van der Waals surface area contributed by atoms with Crippen molar-refractivity contribution in [3.63, 3.8) is 0 Å². The summed E-state index contributed by atoms with van der Waals surface area (Å²) in [6.07, 6.45) is 0.931. The molecule has 0 saturated heterocycles. The third kappa shape index (κ3) is 1.95. The summed E-state index contributed by atoms with van der Waals surface area (Å²) >= 11 is 0. The fourth-order valence-corrected chi connectivity index (χ4v) is 2.40. The van der Waals surface area contributed by atoms with Gasteiger partial charge in [-0.05, 0) is 18.6 Å². The van der Waals surface area contributed by atoms with Crippen molar-refractivity contribution in [1.29, 1.82) is 0 Å². The lowest BCUT2D eigenvalue weighted by Crippen LogP contribution is -2.27. The molecule has 2 heterocycles. The van der Waals surface area contributed by atoms with Gasteiger partial charge in [0.2, 0.25) is 0 Å². The minimum absolute atomic E-state index is 0.00483. The van der Waals surface area contributed by atoms with E-state index >= 15 is 0 Å². The first-order valence-electron chi connectivity index (χ1n) is 6.17. The molecule has 7 heteroatoms. The van der Waals surface area contributed by atoms with Crippen LogP contribution in [0.3, 0.4) is 0 Å². The molecule has 20 heavy (non-hydrogen) atoms. The quantitative estimate of drug-likeness (QED) is 0.911. The molecule has 104 valence electrons. The molecule has 0 saturated carbocycles. The number of hydrogen-bond donors (Lipinski definition) is 1. The van der Waals surface area contributed by atoms with E-state index in [2.05, 4.69) is 10.2 Å². The van der Waals surface area contributed by atoms with Crippen LogP contribution in [-0.2, 0) is 17.8 Å². The Balaban J connectivity index is 2.07. The maximum Gasteiger partial charge on any atom is 0.308 e. The van der Waals surface area contributed by atoms with Crippen molar-refractivity contribution in [3.8, 4) is 11.4 Å². The number of carboxylic acids is 1. The zero-order chi connectivity index (χ0) is 14.3. The van der Waals surface area contributed by atoms with E-state index in [1.165, 1.54) is 12.1 Å². The van der Waals surface area contributed by atoms with Gasteiger partial charge in [0.1, 0.15) is 5.82 Å². The van der Waals surface area contributed by atoms with Gasteiger partial charge in [-0.3, -0.25) is 4.79 Å². The molecule has 0 fully saturated rings. The zero-order valence-corrected chi connectivity index (χ0v) is 10.4. The van der Waals surface area contributed by atoms with Crippen molar-refractivity contribution in [2.75, 3.05) is 0 Å². The first kappa shape index (κ1) is 12.7. The van der Waals surface area contributed by atoms with Crippen LogP contribution in [0.25, 0.3) is 11.4 Å². The average Bonchev–Trinajstić information content (AvgIpc) is 2.84.